The normalized spacial score (nSPS) is 11.8. The fourth-order valence-corrected chi connectivity index (χ4v) is 6.95. The van der Waals surface area contributed by atoms with Crippen molar-refractivity contribution in [3.63, 3.8) is 0 Å². The quantitative estimate of drug-likeness (QED) is 0.0164. The molecule has 0 heterocycles. The first-order chi connectivity index (χ1) is 36.4. The van der Waals surface area contributed by atoms with Gasteiger partial charge in [0.25, 0.3) is 0 Å². The van der Waals surface area contributed by atoms with Gasteiger partial charge in [-0.05, 0) is 124 Å². The van der Waals surface area contributed by atoms with E-state index in [4.69, 9.17) is 30.4 Å². The van der Waals surface area contributed by atoms with Crippen LogP contribution in [0.15, 0.2) is 54.4 Å². The minimum atomic E-state index is -0.689. The molecular weight excluding hydrogens is 961 g/mol. The van der Waals surface area contributed by atoms with E-state index in [1.54, 1.807) is 11.1 Å². The number of nitrogens with two attached hydrogens (primary N) is 2. The number of carbonyl (C=O) groups is 4. The number of Topliss-reactive ketones (excluding diaryl/α,β-unsaturated/α-hetero) is 1. The summed E-state index contributed by atoms with van der Waals surface area (Å²) in [6.07, 6.45) is 9.85. The molecule has 15 nitrogen and oxygen atoms in total. The van der Waals surface area contributed by atoms with E-state index < -0.39 is 11.9 Å². The van der Waals surface area contributed by atoms with Crippen LogP contribution in [0, 0.1) is 24.7 Å². The third-order valence-corrected chi connectivity index (χ3v) is 11.3. The van der Waals surface area contributed by atoms with Crippen molar-refractivity contribution in [1.29, 1.82) is 0 Å². The second-order valence-corrected chi connectivity index (χ2v) is 18.8. The van der Waals surface area contributed by atoms with Gasteiger partial charge in [0.1, 0.15) is 11.8 Å². The molecule has 2 aromatic rings. The number of primary amides is 1. The van der Waals surface area contributed by atoms with Crippen LogP contribution in [-0.2, 0) is 49.3 Å². The second-order valence-electron chi connectivity index (χ2n) is 18.8. The molecule has 0 fully saturated rings. The molecule has 8 N–H and O–H groups in total. The van der Waals surface area contributed by atoms with Crippen LogP contribution in [0.1, 0.15) is 176 Å². The lowest BCUT2D eigenvalue weighted by molar-refractivity contribution is -0.123. The second kappa shape index (κ2) is 54.9. The molecule has 0 aliphatic heterocycles. The van der Waals surface area contributed by atoms with E-state index in [2.05, 4.69) is 139 Å². The summed E-state index contributed by atoms with van der Waals surface area (Å²) in [4.78, 5) is 53.3. The first-order valence-electron chi connectivity index (χ1n) is 28.2. The molecule has 3 atom stereocenters. The maximum Gasteiger partial charge on any atom is 0.239 e. The van der Waals surface area contributed by atoms with Gasteiger partial charge in [0.15, 0.2) is 11.8 Å². The number of amides is 3. The van der Waals surface area contributed by atoms with Gasteiger partial charge in [0.2, 0.25) is 18.2 Å². The fourth-order valence-electron chi connectivity index (χ4n) is 6.95. The Hall–Kier alpha value is -4.89. The highest BCUT2D eigenvalue weighted by molar-refractivity contribution is 5.93. The summed E-state index contributed by atoms with van der Waals surface area (Å²) < 4.78 is 21.4. The Bertz CT molecular complexity index is 1820. The smallest absolute Gasteiger partial charge is 0.239 e. The average molecular weight is 1070 g/mol. The Labute approximate surface area is 462 Å². The maximum absolute atomic E-state index is 11.6. The van der Waals surface area contributed by atoms with E-state index in [1.807, 2.05) is 41.8 Å². The molecule has 3 unspecified atom stereocenters. The number of aryl methyl sites for hydroxylation is 2. The standard InChI is InChI=1S/C24H32.C17H35NO5.C8H14N4O3.C8H16O.C2H7N.C2H6/c1-6-13-23(22-17-12-10-15-20(22)8-3)24(18(4)7-2)21-16-11-9-14-19(21)5;1-5-7-20-9-11-22-13-14-23-12-10-21-8-6-17(19)18-16(4)15(2)3;9-7(4-13)11-3-1-2-6(8(10)15)12-5-14;1-4-5-8(9)6-7(2)3;1-3-2;1-2/h9-12,14-18H,6-8,13H2,1-5H3;15-16H,5-14H2,1-4H3,(H,18,19);5-6,11H,1-3,9H2,(H2,10,15)(H,12,14);7H,4-6H2,1-3H3;3H,1-2H3;1-2H3/b24-23-;;;;;. The van der Waals surface area contributed by atoms with E-state index in [9.17, 15) is 24.0 Å². The molecule has 0 radical (unpaired) electrons. The summed E-state index contributed by atoms with van der Waals surface area (Å²) >= 11 is 0. The summed E-state index contributed by atoms with van der Waals surface area (Å²) in [7, 11) is 3.75. The predicted molar refractivity (Wildman–Crippen MR) is 317 cm³/mol. The van der Waals surface area contributed by atoms with E-state index in [0.29, 0.717) is 102 Å². The number of hydrogen-bond donors (Lipinski definition) is 6. The fraction of sp³-hybridized carbons (Fsp3) is 0.672. The van der Waals surface area contributed by atoms with E-state index in [1.165, 1.54) is 41.0 Å². The minimum absolute atomic E-state index is 0.0332. The van der Waals surface area contributed by atoms with Crippen LogP contribution >= 0.6 is 0 Å². The van der Waals surface area contributed by atoms with Crippen molar-refractivity contribution in [2.75, 3.05) is 73.5 Å². The van der Waals surface area contributed by atoms with Crippen LogP contribution in [0.3, 0.4) is 0 Å². The van der Waals surface area contributed by atoms with Crippen LogP contribution < -0.4 is 32.7 Å². The van der Waals surface area contributed by atoms with E-state index in [-0.39, 0.29) is 17.8 Å². The first-order valence-corrected chi connectivity index (χ1v) is 28.2. The third-order valence-electron chi connectivity index (χ3n) is 11.3. The largest absolute Gasteiger partial charge is 0.379 e. The lowest BCUT2D eigenvalue weighted by Crippen LogP contribution is -2.41. The Morgan fingerprint density at radius 3 is 1.66 bits per heavy atom. The summed E-state index contributed by atoms with van der Waals surface area (Å²) in [6.45, 7) is 34.9. The summed E-state index contributed by atoms with van der Waals surface area (Å²) in [5.41, 5.74) is 19.0. The molecule has 438 valence electrons. The Morgan fingerprint density at radius 1 is 0.697 bits per heavy atom. The number of ketones is 1. The molecule has 0 saturated heterocycles. The zero-order chi connectivity index (χ0) is 58.5. The Kier molecular flexibility index (Phi) is 56.0. The minimum Gasteiger partial charge on any atom is -0.379 e. The van der Waals surface area contributed by atoms with Gasteiger partial charge in [0.05, 0.1) is 46.2 Å². The van der Waals surface area contributed by atoms with Crippen LogP contribution in [0.2, 0.25) is 0 Å². The number of nitrogens with one attached hydrogen (secondary N) is 4. The van der Waals surface area contributed by atoms with Crippen LogP contribution in [-0.4, -0.2) is 116 Å². The van der Waals surface area contributed by atoms with Crippen molar-refractivity contribution in [3.8, 4) is 0 Å². The van der Waals surface area contributed by atoms with Gasteiger partial charge in [-0.1, -0.05) is 138 Å². The Balaban J connectivity index is -0.000000463. The molecular formula is C61H110N6O9. The third kappa shape index (κ3) is 43.2. The summed E-state index contributed by atoms with van der Waals surface area (Å²) in [5, 5.41) is 10.6. The molecule has 0 saturated carbocycles. The van der Waals surface area contributed by atoms with Crippen molar-refractivity contribution >= 4 is 41.1 Å². The van der Waals surface area contributed by atoms with Gasteiger partial charge in [-0.15, -0.1) is 0 Å². The van der Waals surface area contributed by atoms with Gasteiger partial charge in [-0.3, -0.25) is 19.2 Å². The highest BCUT2D eigenvalue weighted by atomic mass is 16.6. The van der Waals surface area contributed by atoms with Gasteiger partial charge < -0.3 is 51.7 Å². The zero-order valence-corrected chi connectivity index (χ0v) is 50.6. The summed E-state index contributed by atoms with van der Waals surface area (Å²) in [6, 6.07) is 17.4. The molecule has 0 aliphatic carbocycles. The lowest BCUT2D eigenvalue weighted by atomic mass is 9.81. The molecule has 0 bridgehead atoms. The van der Waals surface area contributed by atoms with Crippen molar-refractivity contribution in [1.82, 2.24) is 21.3 Å². The highest BCUT2D eigenvalue weighted by Gasteiger charge is 2.19. The molecule has 2 rings (SSSR count). The van der Waals surface area contributed by atoms with Crippen molar-refractivity contribution in [3.05, 3.63) is 76.6 Å². The van der Waals surface area contributed by atoms with Crippen LogP contribution in [0.4, 0.5) is 0 Å². The van der Waals surface area contributed by atoms with Crippen LogP contribution in [0.5, 0.6) is 0 Å². The predicted octanol–water partition coefficient (Wildman–Crippen LogP) is 10.2. The first kappa shape index (κ1) is 77.6. The van der Waals surface area contributed by atoms with Crippen molar-refractivity contribution < 1.29 is 42.9 Å². The lowest BCUT2D eigenvalue weighted by Gasteiger charge is -2.24. The number of ether oxygens (including phenoxy) is 4. The van der Waals surface area contributed by atoms with Gasteiger partial charge in [-0.25, -0.2) is 4.79 Å². The highest BCUT2D eigenvalue weighted by Crippen LogP contribution is 2.39. The van der Waals surface area contributed by atoms with Gasteiger partial charge in [0, 0.05) is 38.5 Å². The molecule has 76 heavy (non-hydrogen) atoms. The summed E-state index contributed by atoms with van der Waals surface area (Å²) in [5.74, 6) is 2.77. The SMILES string of the molecule is CC.CCC/C(=C(/c1ccccc1C)C(C)CC)c1ccccc1CC.CCCC(=O)CC(C)C.CCCOCCOCCOCCOCCC(=O)NC(C)C(C)C.CNC.NC(=O)C(CCCNC(N)=C=O)NC=O. The molecule has 0 aromatic heterocycles. The van der Waals surface area contributed by atoms with Gasteiger partial charge >= 0.3 is 0 Å². The van der Waals surface area contributed by atoms with Crippen molar-refractivity contribution in [2.45, 2.75) is 180 Å². The van der Waals surface area contributed by atoms with E-state index >= 15 is 0 Å². The molecule has 2 aromatic carbocycles. The number of allylic oxidation sites excluding steroid dienone is 2. The molecule has 3 amide bonds. The van der Waals surface area contributed by atoms with Gasteiger partial charge in [-0.2, -0.15) is 0 Å². The topological polar surface area (TPSA) is 222 Å². The molecule has 0 aliphatic rings. The molecule has 15 heteroatoms. The number of rotatable bonds is 35. The Morgan fingerprint density at radius 2 is 1.21 bits per heavy atom. The average Bonchev–Trinajstić information content (AvgIpc) is 3.39. The van der Waals surface area contributed by atoms with Crippen molar-refractivity contribution in [2.24, 2.45) is 29.2 Å². The molecule has 0 spiro atoms. The van der Waals surface area contributed by atoms with E-state index in [0.717, 1.165) is 45.1 Å². The number of benzene rings is 2. The maximum atomic E-state index is 11.6. The monoisotopic (exact) mass is 1070 g/mol. The zero-order valence-electron chi connectivity index (χ0n) is 50.6. The van der Waals surface area contributed by atoms with Crippen LogP contribution in [0.25, 0.3) is 11.1 Å². The number of carbonyl (C=O) groups excluding carboxylic acids is 5. The number of hydrogen-bond acceptors (Lipinski definition) is 12.